The largest absolute Gasteiger partial charge is 0.484 e. The normalized spacial score (nSPS) is 15.1. The fourth-order valence-corrected chi connectivity index (χ4v) is 4.76. The molecule has 244 valence electrons. The van der Waals surface area contributed by atoms with E-state index in [-0.39, 0.29) is 31.1 Å². The predicted octanol–water partition coefficient (Wildman–Crippen LogP) is 5.37. The molecule has 1 aromatic carbocycles. The molecular formula is C33H40N6O7. The first-order valence-corrected chi connectivity index (χ1v) is 15.0. The van der Waals surface area contributed by atoms with Crippen molar-refractivity contribution in [3.8, 4) is 11.8 Å². The van der Waals surface area contributed by atoms with E-state index in [9.17, 15) is 19.6 Å². The van der Waals surface area contributed by atoms with Crippen molar-refractivity contribution in [2.75, 3.05) is 19.6 Å². The Balaban J connectivity index is 1.59. The first kappa shape index (κ1) is 33.8. The first-order chi connectivity index (χ1) is 21.7. The molecule has 13 heteroatoms. The lowest BCUT2D eigenvalue weighted by Gasteiger charge is -2.30. The van der Waals surface area contributed by atoms with E-state index in [0.717, 1.165) is 16.7 Å². The molecular weight excluding hydrogens is 592 g/mol. The smallest absolute Gasteiger partial charge is 0.434 e. The number of ether oxygens (including phenoxy) is 3. The Bertz CT molecular complexity index is 1660. The highest BCUT2D eigenvalue weighted by molar-refractivity contribution is 5.72. The fraction of sp³-hybridized carbons (Fsp3) is 0.455. The van der Waals surface area contributed by atoms with Gasteiger partial charge in [0.15, 0.2) is 6.61 Å². The molecule has 1 unspecified atom stereocenters. The Kier molecular flexibility index (Phi) is 10.5. The average molecular weight is 633 g/mol. The molecule has 3 heterocycles. The predicted molar refractivity (Wildman–Crippen MR) is 168 cm³/mol. The molecule has 13 nitrogen and oxygen atoms in total. The number of hydrogen-bond acceptors (Lipinski definition) is 10. The number of hydrogen-bond donors (Lipinski definition) is 1. The second-order valence-corrected chi connectivity index (χ2v) is 13.1. The van der Waals surface area contributed by atoms with Crippen LogP contribution >= 0.6 is 0 Å². The van der Waals surface area contributed by atoms with Crippen molar-refractivity contribution >= 4 is 24.3 Å². The van der Waals surface area contributed by atoms with E-state index in [2.05, 4.69) is 21.3 Å². The van der Waals surface area contributed by atoms with Crippen molar-refractivity contribution in [1.82, 2.24) is 25.0 Å². The van der Waals surface area contributed by atoms with Crippen molar-refractivity contribution in [2.24, 2.45) is 5.92 Å². The number of nitriles is 1. The zero-order valence-corrected chi connectivity index (χ0v) is 27.0. The van der Waals surface area contributed by atoms with E-state index in [1.54, 1.807) is 34.2 Å². The Morgan fingerprint density at radius 1 is 1.09 bits per heavy atom. The van der Waals surface area contributed by atoms with Crippen LogP contribution in [0, 0.1) is 17.2 Å². The van der Waals surface area contributed by atoms with Crippen LogP contribution in [0.2, 0.25) is 0 Å². The van der Waals surface area contributed by atoms with Gasteiger partial charge in [-0.2, -0.15) is 5.26 Å². The van der Waals surface area contributed by atoms with Gasteiger partial charge < -0.3 is 28.4 Å². The summed E-state index contributed by atoms with van der Waals surface area (Å²) in [5.41, 5.74) is 1.35. The number of carbonyl (C=O) groups is 2. The quantitative estimate of drug-likeness (QED) is 0.324. The number of aromatic nitrogens is 3. The van der Waals surface area contributed by atoms with Gasteiger partial charge in [-0.15, -0.1) is 5.10 Å². The van der Waals surface area contributed by atoms with Crippen LogP contribution in [0.3, 0.4) is 0 Å². The van der Waals surface area contributed by atoms with Crippen LogP contribution in [0.15, 0.2) is 45.9 Å². The molecule has 1 saturated heterocycles. The van der Waals surface area contributed by atoms with Crippen LogP contribution < -0.4 is 10.5 Å². The highest BCUT2D eigenvalue weighted by Gasteiger charge is 2.33. The molecule has 1 aliphatic heterocycles. The number of nitrogens with one attached hydrogen (secondary N) is 1. The fourth-order valence-electron chi connectivity index (χ4n) is 4.76. The van der Waals surface area contributed by atoms with Gasteiger partial charge in [-0.3, -0.25) is 4.98 Å². The van der Waals surface area contributed by atoms with Gasteiger partial charge in [0.2, 0.25) is 0 Å². The van der Waals surface area contributed by atoms with Gasteiger partial charge >= 0.3 is 17.9 Å². The molecule has 4 rings (SSSR count). The van der Waals surface area contributed by atoms with Crippen molar-refractivity contribution < 1.29 is 28.2 Å². The van der Waals surface area contributed by atoms with Crippen molar-refractivity contribution in [1.29, 1.82) is 5.26 Å². The van der Waals surface area contributed by atoms with Crippen LogP contribution in [0.5, 0.6) is 5.75 Å². The lowest BCUT2D eigenvalue weighted by Crippen LogP contribution is -2.40. The number of likely N-dealkylation sites (tertiary alicyclic amines) is 1. The molecule has 1 atom stereocenters. The maximum absolute atomic E-state index is 13.5. The van der Waals surface area contributed by atoms with Gasteiger partial charge in [0, 0.05) is 38.6 Å². The van der Waals surface area contributed by atoms with Crippen LogP contribution in [0.1, 0.15) is 76.1 Å². The first-order valence-electron chi connectivity index (χ1n) is 15.0. The molecule has 2 aromatic heterocycles. The molecule has 46 heavy (non-hydrogen) atoms. The van der Waals surface area contributed by atoms with E-state index >= 15 is 0 Å². The van der Waals surface area contributed by atoms with Crippen LogP contribution in [-0.2, 0) is 22.6 Å². The number of H-pyrrole nitrogens is 1. The molecule has 0 saturated carbocycles. The number of carbonyl (C=O) groups excluding carboxylic acids is 2. The Hall–Kier alpha value is -5.12. The van der Waals surface area contributed by atoms with Crippen molar-refractivity contribution in [3.05, 3.63) is 75.4 Å². The van der Waals surface area contributed by atoms with Gasteiger partial charge in [0.25, 0.3) is 5.89 Å². The second kappa shape index (κ2) is 14.3. The summed E-state index contributed by atoms with van der Waals surface area (Å²) in [6.07, 6.45) is 6.65. The summed E-state index contributed by atoms with van der Waals surface area (Å²) in [4.78, 5) is 44.9. The van der Waals surface area contributed by atoms with Crippen molar-refractivity contribution in [2.45, 2.75) is 72.3 Å². The number of amides is 2. The summed E-state index contributed by atoms with van der Waals surface area (Å²) >= 11 is 0. The Morgan fingerprint density at radius 3 is 2.50 bits per heavy atom. The number of nitrogens with zero attached hydrogens (tertiary/aromatic N) is 5. The molecule has 0 aliphatic carbocycles. The lowest BCUT2D eigenvalue weighted by atomic mass is 10.1. The highest BCUT2D eigenvalue weighted by Crippen LogP contribution is 2.26. The van der Waals surface area contributed by atoms with E-state index in [0.29, 0.717) is 37.4 Å². The summed E-state index contributed by atoms with van der Waals surface area (Å²) in [5.74, 6) is -0.138. The average Bonchev–Trinajstić information content (AvgIpc) is 3.62. The van der Waals surface area contributed by atoms with Gasteiger partial charge in [-0.1, -0.05) is 12.2 Å². The lowest BCUT2D eigenvalue weighted by molar-refractivity contribution is 0.0196. The molecule has 0 spiro atoms. The van der Waals surface area contributed by atoms with Crippen LogP contribution in [-0.4, -0.2) is 68.0 Å². The van der Waals surface area contributed by atoms with E-state index in [1.165, 1.54) is 6.20 Å². The van der Waals surface area contributed by atoms with Crippen LogP contribution in [0.25, 0.3) is 12.2 Å². The van der Waals surface area contributed by atoms with Crippen molar-refractivity contribution in [3.63, 3.8) is 0 Å². The highest BCUT2D eigenvalue weighted by atomic mass is 16.6. The van der Waals surface area contributed by atoms with Gasteiger partial charge in [0.1, 0.15) is 23.0 Å². The van der Waals surface area contributed by atoms with Gasteiger partial charge in [-0.05, 0) is 94.8 Å². The number of benzene rings is 1. The Morgan fingerprint density at radius 2 is 1.83 bits per heavy atom. The maximum Gasteiger partial charge on any atom is 0.434 e. The number of aromatic amines is 1. The molecule has 0 bridgehead atoms. The number of rotatable bonds is 9. The minimum atomic E-state index is -0.716. The van der Waals surface area contributed by atoms with Gasteiger partial charge in [0.05, 0.1) is 5.56 Å². The summed E-state index contributed by atoms with van der Waals surface area (Å²) in [5, 5.41) is 15.2. The monoisotopic (exact) mass is 632 g/mol. The number of pyridine rings is 1. The molecule has 1 N–H and O–H groups in total. The third kappa shape index (κ3) is 10.5. The molecule has 1 fully saturated rings. The standard InChI is InChI=1S/C33H40N6O7/c1-32(2,3)45-30(41)38-10-9-24(18-38)19-39(31(42)46-33(4,5)6)20-25-11-22(7-8-23-12-26(15-34)17-35-16-23)13-27(14-25)43-21-28-36-37-29(40)44-28/h7-8,11-14,16-17,24H,9-10,18-21H2,1-6H3,(H,37,40)/b8-7+. The van der Waals surface area contributed by atoms with E-state index < -0.39 is 23.1 Å². The van der Waals surface area contributed by atoms with Crippen LogP contribution in [0.4, 0.5) is 9.59 Å². The molecule has 0 radical (unpaired) electrons. The minimum absolute atomic E-state index is 0.0151. The molecule has 2 amide bonds. The topological polar surface area (TPSA) is 164 Å². The van der Waals surface area contributed by atoms with Gasteiger partial charge in [-0.25, -0.2) is 19.5 Å². The van der Waals surface area contributed by atoms with E-state index in [4.69, 9.17) is 18.6 Å². The Labute approximate surface area is 267 Å². The summed E-state index contributed by atoms with van der Waals surface area (Å²) < 4.78 is 22.2. The van der Waals surface area contributed by atoms with E-state index in [1.807, 2.05) is 59.8 Å². The SMILES string of the molecule is CC(C)(C)OC(=O)N1CCC(CN(Cc2cc(/C=C/c3cncc(C#N)c3)cc(OCc3n[nH]c(=O)o3)c2)C(=O)OC(C)(C)C)C1. The third-order valence-electron chi connectivity index (χ3n) is 6.63. The maximum atomic E-state index is 13.5. The summed E-state index contributed by atoms with van der Waals surface area (Å²) in [6.45, 7) is 12.4. The minimum Gasteiger partial charge on any atom is -0.484 e. The second-order valence-electron chi connectivity index (χ2n) is 13.1. The summed E-state index contributed by atoms with van der Waals surface area (Å²) in [6, 6.07) is 9.30. The summed E-state index contributed by atoms with van der Waals surface area (Å²) in [7, 11) is 0. The molecule has 1 aliphatic rings. The third-order valence-corrected chi connectivity index (χ3v) is 6.63. The molecule has 3 aromatic rings. The zero-order chi connectivity index (χ0) is 33.5. The zero-order valence-electron chi connectivity index (χ0n) is 27.0.